The molecule has 4 nitrogen and oxygen atoms in total. The van der Waals surface area contributed by atoms with Gasteiger partial charge in [-0.1, -0.05) is 0 Å². The van der Waals surface area contributed by atoms with Crippen LogP contribution in [0.5, 0.6) is 0 Å². The number of rotatable bonds is 2. The zero-order valence-electron chi connectivity index (χ0n) is 10.8. The van der Waals surface area contributed by atoms with Crippen LogP contribution in [0.2, 0.25) is 0 Å². The summed E-state index contributed by atoms with van der Waals surface area (Å²) in [5, 5.41) is 9.08. The Morgan fingerprint density at radius 1 is 1.44 bits per heavy atom. The predicted molar refractivity (Wildman–Crippen MR) is 70.0 cm³/mol. The Morgan fingerprint density at radius 3 is 2.56 bits per heavy atom. The lowest BCUT2D eigenvalue weighted by Crippen LogP contribution is -2.37. The number of carbonyl (C=O) groups is 2. The van der Waals surface area contributed by atoms with Gasteiger partial charge in [-0.2, -0.15) is 0 Å². The van der Waals surface area contributed by atoms with E-state index in [1.165, 1.54) is 0 Å². The van der Waals surface area contributed by atoms with Crippen molar-refractivity contribution in [2.75, 3.05) is 6.54 Å². The lowest BCUT2D eigenvalue weighted by atomic mass is 10.0. The van der Waals surface area contributed by atoms with Gasteiger partial charge in [0.15, 0.2) is 0 Å². The molecule has 5 heteroatoms. The van der Waals surface area contributed by atoms with Crippen LogP contribution in [0.25, 0.3) is 0 Å². The van der Waals surface area contributed by atoms with Crippen molar-refractivity contribution in [3.05, 3.63) is 21.4 Å². The van der Waals surface area contributed by atoms with Gasteiger partial charge in [0.05, 0.1) is 11.5 Å². The zero-order valence-corrected chi connectivity index (χ0v) is 11.6. The van der Waals surface area contributed by atoms with Crippen LogP contribution in [0, 0.1) is 19.8 Å². The van der Waals surface area contributed by atoms with Crippen molar-refractivity contribution in [1.29, 1.82) is 0 Å². The summed E-state index contributed by atoms with van der Waals surface area (Å²) in [5.41, 5.74) is 0.718. The van der Waals surface area contributed by atoms with Crippen LogP contribution in [0.4, 0.5) is 0 Å². The first kappa shape index (κ1) is 13.1. The Kier molecular flexibility index (Phi) is 3.43. The van der Waals surface area contributed by atoms with Gasteiger partial charge in [0.2, 0.25) is 0 Å². The van der Waals surface area contributed by atoms with E-state index in [1.807, 2.05) is 26.8 Å². The van der Waals surface area contributed by atoms with Crippen molar-refractivity contribution in [2.45, 2.75) is 33.2 Å². The van der Waals surface area contributed by atoms with E-state index in [-0.39, 0.29) is 11.9 Å². The Hall–Kier alpha value is -1.36. The molecule has 0 radical (unpaired) electrons. The molecule has 1 aliphatic rings. The number of hydrogen-bond donors (Lipinski definition) is 1. The second-order valence-electron chi connectivity index (χ2n) is 4.80. The van der Waals surface area contributed by atoms with Gasteiger partial charge in [0, 0.05) is 22.3 Å². The van der Waals surface area contributed by atoms with E-state index in [1.54, 1.807) is 16.2 Å². The minimum Gasteiger partial charge on any atom is -0.481 e. The molecule has 1 aromatic rings. The highest BCUT2D eigenvalue weighted by Crippen LogP contribution is 2.29. The summed E-state index contributed by atoms with van der Waals surface area (Å²) in [4.78, 5) is 27.3. The minimum atomic E-state index is -0.809. The Labute approximate surface area is 110 Å². The second-order valence-corrected chi connectivity index (χ2v) is 6.26. The number of amides is 1. The lowest BCUT2D eigenvalue weighted by molar-refractivity contribution is -0.142. The number of aliphatic carboxylic acids is 1. The van der Waals surface area contributed by atoms with Crippen molar-refractivity contribution >= 4 is 23.2 Å². The van der Waals surface area contributed by atoms with Gasteiger partial charge in [-0.15, -0.1) is 11.3 Å². The fourth-order valence-corrected chi connectivity index (χ4v) is 3.47. The average Bonchev–Trinajstić information content (AvgIpc) is 2.81. The molecule has 1 aromatic heterocycles. The fraction of sp³-hybridized carbons (Fsp3) is 0.538. The summed E-state index contributed by atoms with van der Waals surface area (Å²) in [7, 11) is 0. The molecule has 1 fully saturated rings. The van der Waals surface area contributed by atoms with Crippen LogP contribution in [0.1, 0.15) is 33.5 Å². The summed E-state index contributed by atoms with van der Waals surface area (Å²) in [6, 6.07) is 1.66. The molecule has 0 spiro atoms. The predicted octanol–water partition coefficient (Wildman–Crippen LogP) is 2.30. The molecule has 0 aromatic carbocycles. The molecule has 0 bridgehead atoms. The Balaban J connectivity index is 2.21. The molecule has 2 heterocycles. The number of aryl methyl sites for hydroxylation is 2. The summed E-state index contributed by atoms with van der Waals surface area (Å²) < 4.78 is 0. The summed E-state index contributed by atoms with van der Waals surface area (Å²) in [5.74, 6) is -1.28. The molecule has 2 rings (SSSR count). The summed E-state index contributed by atoms with van der Waals surface area (Å²) in [6.07, 6.45) is 0.546. The maximum absolute atomic E-state index is 12.4. The normalized spacial score (nSPS) is 23.4. The molecule has 18 heavy (non-hydrogen) atoms. The Morgan fingerprint density at radius 2 is 2.11 bits per heavy atom. The quantitative estimate of drug-likeness (QED) is 0.894. The highest BCUT2D eigenvalue weighted by Gasteiger charge is 2.38. The van der Waals surface area contributed by atoms with Crippen molar-refractivity contribution in [2.24, 2.45) is 5.92 Å². The molecular formula is C13H17NO3S. The number of carbonyl (C=O) groups excluding carboxylic acids is 1. The van der Waals surface area contributed by atoms with E-state index in [0.29, 0.717) is 13.0 Å². The van der Waals surface area contributed by atoms with Gasteiger partial charge < -0.3 is 10.0 Å². The number of likely N-dealkylation sites (tertiary alicyclic amines) is 1. The number of carboxylic acid groups (broad SMARTS) is 1. The highest BCUT2D eigenvalue weighted by molar-refractivity contribution is 7.12. The third-order valence-corrected chi connectivity index (χ3v) is 4.57. The molecule has 98 valence electrons. The fourth-order valence-electron chi connectivity index (χ4n) is 2.55. The maximum atomic E-state index is 12.4. The van der Waals surface area contributed by atoms with E-state index in [9.17, 15) is 9.59 Å². The first-order chi connectivity index (χ1) is 8.41. The van der Waals surface area contributed by atoms with Crippen LogP contribution in [-0.2, 0) is 4.79 Å². The molecule has 1 amide bonds. The third-order valence-electron chi connectivity index (χ3n) is 3.60. The van der Waals surface area contributed by atoms with Gasteiger partial charge in [0.1, 0.15) is 0 Å². The first-order valence-corrected chi connectivity index (χ1v) is 6.84. The molecule has 2 unspecified atom stereocenters. The van der Waals surface area contributed by atoms with Gasteiger partial charge in [-0.05, 0) is 33.3 Å². The van der Waals surface area contributed by atoms with Crippen molar-refractivity contribution in [1.82, 2.24) is 4.90 Å². The summed E-state index contributed by atoms with van der Waals surface area (Å²) in [6.45, 7) is 6.26. The number of carboxylic acids is 1. The lowest BCUT2D eigenvalue weighted by Gasteiger charge is -2.23. The zero-order chi connectivity index (χ0) is 13.4. The monoisotopic (exact) mass is 267 g/mol. The number of hydrogen-bond acceptors (Lipinski definition) is 3. The van der Waals surface area contributed by atoms with Crippen LogP contribution >= 0.6 is 11.3 Å². The van der Waals surface area contributed by atoms with Gasteiger partial charge in [0.25, 0.3) is 5.91 Å². The van der Waals surface area contributed by atoms with E-state index >= 15 is 0 Å². The van der Waals surface area contributed by atoms with E-state index in [4.69, 9.17) is 5.11 Å². The molecule has 1 saturated heterocycles. The SMILES string of the molecule is Cc1cc(C(=O)N2CCC(C(=O)O)C2C)c(C)s1. The highest BCUT2D eigenvalue weighted by atomic mass is 32.1. The van der Waals surface area contributed by atoms with Crippen LogP contribution in [0.15, 0.2) is 6.07 Å². The standard InChI is InChI=1S/C13H17NO3S/c1-7-6-11(9(3)18-7)12(15)14-5-4-10(8(14)2)13(16)17/h6,8,10H,4-5H2,1-3H3,(H,16,17). The molecule has 0 aliphatic carbocycles. The van der Waals surface area contributed by atoms with Gasteiger partial charge in [-0.3, -0.25) is 9.59 Å². The van der Waals surface area contributed by atoms with Crippen LogP contribution < -0.4 is 0 Å². The van der Waals surface area contributed by atoms with Gasteiger partial charge in [-0.25, -0.2) is 0 Å². The van der Waals surface area contributed by atoms with Crippen molar-refractivity contribution in [3.63, 3.8) is 0 Å². The Bertz CT molecular complexity index is 494. The number of nitrogens with zero attached hydrogens (tertiary/aromatic N) is 1. The van der Waals surface area contributed by atoms with Crippen molar-refractivity contribution in [3.8, 4) is 0 Å². The average molecular weight is 267 g/mol. The maximum Gasteiger partial charge on any atom is 0.308 e. The third kappa shape index (κ3) is 2.14. The molecule has 2 atom stereocenters. The second kappa shape index (κ2) is 4.72. The largest absolute Gasteiger partial charge is 0.481 e. The summed E-state index contributed by atoms with van der Waals surface area (Å²) >= 11 is 1.60. The van der Waals surface area contributed by atoms with Gasteiger partial charge >= 0.3 is 5.97 Å². The molecular weight excluding hydrogens is 250 g/mol. The molecule has 1 aliphatic heterocycles. The van der Waals surface area contributed by atoms with Crippen LogP contribution in [-0.4, -0.2) is 34.5 Å². The van der Waals surface area contributed by atoms with E-state index in [2.05, 4.69) is 0 Å². The molecule has 0 saturated carbocycles. The van der Waals surface area contributed by atoms with E-state index < -0.39 is 11.9 Å². The number of thiophene rings is 1. The smallest absolute Gasteiger partial charge is 0.308 e. The minimum absolute atomic E-state index is 0.0342. The first-order valence-electron chi connectivity index (χ1n) is 6.02. The van der Waals surface area contributed by atoms with Crippen LogP contribution in [0.3, 0.4) is 0 Å². The van der Waals surface area contributed by atoms with E-state index in [0.717, 1.165) is 15.3 Å². The molecule has 1 N–H and O–H groups in total. The topological polar surface area (TPSA) is 57.6 Å². The van der Waals surface area contributed by atoms with Crippen molar-refractivity contribution < 1.29 is 14.7 Å².